The van der Waals surface area contributed by atoms with Gasteiger partial charge in [-0.2, -0.15) is 0 Å². The van der Waals surface area contributed by atoms with Gasteiger partial charge in [-0.15, -0.1) is 0 Å². The molecule has 134 valence electrons. The Bertz CT molecular complexity index is 679. The summed E-state index contributed by atoms with van der Waals surface area (Å²) in [4.78, 5) is 2.02. The van der Waals surface area contributed by atoms with E-state index in [2.05, 4.69) is 36.5 Å². The van der Waals surface area contributed by atoms with Gasteiger partial charge in [-0.25, -0.2) is 4.39 Å². The molecule has 3 rings (SSSR count). The van der Waals surface area contributed by atoms with E-state index >= 15 is 0 Å². The number of aliphatic hydroxyl groups excluding tert-OH is 1. The zero-order chi connectivity index (χ0) is 17.6. The van der Waals surface area contributed by atoms with E-state index in [9.17, 15) is 9.50 Å². The van der Waals surface area contributed by atoms with Crippen molar-refractivity contribution in [3.05, 3.63) is 65.0 Å². The predicted molar refractivity (Wildman–Crippen MR) is 100 cm³/mol. The topological polar surface area (TPSA) is 35.5 Å². The van der Waals surface area contributed by atoms with Crippen molar-refractivity contribution in [2.75, 3.05) is 18.0 Å². The van der Waals surface area contributed by atoms with Gasteiger partial charge in [0.1, 0.15) is 5.82 Å². The first-order chi connectivity index (χ1) is 12.2. The predicted octanol–water partition coefficient (Wildman–Crippen LogP) is 3.64. The third kappa shape index (κ3) is 4.80. The lowest BCUT2D eigenvalue weighted by Gasteiger charge is -2.31. The Labute approximate surface area is 149 Å². The van der Waals surface area contributed by atoms with E-state index in [0.717, 1.165) is 18.5 Å². The first kappa shape index (κ1) is 17.9. The molecular formula is C21H27FN2O. The van der Waals surface area contributed by atoms with E-state index in [1.807, 2.05) is 17.0 Å². The maximum absolute atomic E-state index is 14.4. The molecule has 0 saturated carbocycles. The molecule has 4 heteroatoms. The summed E-state index contributed by atoms with van der Waals surface area (Å²) in [5.74, 6) is -0.178. The van der Waals surface area contributed by atoms with E-state index in [1.54, 1.807) is 6.07 Å². The Balaban J connectivity index is 1.53. The highest BCUT2D eigenvalue weighted by Crippen LogP contribution is 2.24. The average Bonchev–Trinajstić information content (AvgIpc) is 2.63. The highest BCUT2D eigenvalue weighted by Gasteiger charge is 2.19. The number of halogens is 1. The molecule has 0 atom stereocenters. The lowest BCUT2D eigenvalue weighted by molar-refractivity contribution is 0.145. The lowest BCUT2D eigenvalue weighted by Crippen LogP contribution is -2.36. The molecule has 0 radical (unpaired) electrons. The van der Waals surface area contributed by atoms with E-state index in [1.165, 1.54) is 11.1 Å². The standard InChI is InChI=1S/C21H27FN2O/c1-2-16-3-5-17(6-4-16)14-23-15-18-7-8-21(20(22)13-18)24-11-9-19(25)10-12-24/h3-8,13,19,23,25H,2,9-12,14-15H2,1H3. The van der Waals surface area contributed by atoms with Crippen LogP contribution in [0.5, 0.6) is 0 Å². The van der Waals surface area contributed by atoms with Gasteiger partial charge in [-0.3, -0.25) is 0 Å². The molecule has 0 amide bonds. The summed E-state index contributed by atoms with van der Waals surface area (Å²) in [6, 6.07) is 14.0. The summed E-state index contributed by atoms with van der Waals surface area (Å²) in [6.45, 7) is 4.99. The molecule has 3 nitrogen and oxygen atoms in total. The normalized spacial score (nSPS) is 15.6. The molecule has 0 unspecified atom stereocenters. The van der Waals surface area contributed by atoms with Crippen LogP contribution in [0.3, 0.4) is 0 Å². The lowest BCUT2D eigenvalue weighted by atomic mass is 10.1. The van der Waals surface area contributed by atoms with Gasteiger partial charge in [0.2, 0.25) is 0 Å². The number of hydrogen-bond donors (Lipinski definition) is 2. The van der Waals surface area contributed by atoms with Crippen LogP contribution in [0.25, 0.3) is 0 Å². The number of aliphatic hydroxyl groups is 1. The summed E-state index contributed by atoms with van der Waals surface area (Å²) in [7, 11) is 0. The first-order valence-electron chi connectivity index (χ1n) is 9.15. The number of piperidine rings is 1. The van der Waals surface area contributed by atoms with Crippen LogP contribution in [0.2, 0.25) is 0 Å². The minimum atomic E-state index is -0.242. The van der Waals surface area contributed by atoms with Gasteiger partial charge in [-0.1, -0.05) is 37.3 Å². The van der Waals surface area contributed by atoms with Gasteiger partial charge in [0, 0.05) is 26.2 Å². The summed E-state index contributed by atoms with van der Waals surface area (Å²) in [6.07, 6.45) is 2.23. The smallest absolute Gasteiger partial charge is 0.146 e. The van der Waals surface area contributed by atoms with Crippen molar-refractivity contribution in [1.29, 1.82) is 0 Å². The number of hydrogen-bond acceptors (Lipinski definition) is 3. The van der Waals surface area contributed by atoms with Crippen molar-refractivity contribution in [2.45, 2.75) is 45.4 Å². The zero-order valence-corrected chi connectivity index (χ0v) is 14.8. The Kier molecular flexibility index (Phi) is 6.05. The van der Waals surface area contributed by atoms with Crippen LogP contribution in [0.4, 0.5) is 10.1 Å². The van der Waals surface area contributed by atoms with Crippen molar-refractivity contribution < 1.29 is 9.50 Å². The van der Waals surface area contributed by atoms with Crippen molar-refractivity contribution in [3.8, 4) is 0 Å². The molecule has 2 N–H and O–H groups in total. The van der Waals surface area contributed by atoms with Crippen LogP contribution in [0.1, 0.15) is 36.5 Å². The van der Waals surface area contributed by atoms with E-state index in [-0.39, 0.29) is 11.9 Å². The maximum atomic E-state index is 14.4. The van der Waals surface area contributed by atoms with Gasteiger partial charge in [0.25, 0.3) is 0 Å². The van der Waals surface area contributed by atoms with Gasteiger partial charge in [-0.05, 0) is 48.1 Å². The molecule has 0 spiro atoms. The molecule has 1 saturated heterocycles. The number of aryl methyl sites for hydroxylation is 1. The molecule has 2 aromatic carbocycles. The summed E-state index contributed by atoms with van der Waals surface area (Å²) in [5, 5.41) is 13.0. The van der Waals surface area contributed by atoms with Crippen LogP contribution >= 0.6 is 0 Å². The maximum Gasteiger partial charge on any atom is 0.146 e. The van der Waals surface area contributed by atoms with Crippen molar-refractivity contribution in [3.63, 3.8) is 0 Å². The molecule has 1 aliphatic rings. The fourth-order valence-corrected chi connectivity index (χ4v) is 3.27. The van der Waals surface area contributed by atoms with E-state index in [0.29, 0.717) is 38.2 Å². The van der Waals surface area contributed by atoms with Crippen LogP contribution in [-0.2, 0) is 19.5 Å². The molecule has 0 bridgehead atoms. The third-order valence-corrected chi connectivity index (χ3v) is 4.91. The van der Waals surface area contributed by atoms with Crippen molar-refractivity contribution in [2.24, 2.45) is 0 Å². The fourth-order valence-electron chi connectivity index (χ4n) is 3.27. The second-order valence-electron chi connectivity index (χ2n) is 6.78. The first-order valence-corrected chi connectivity index (χ1v) is 9.15. The Morgan fingerprint density at radius 3 is 2.24 bits per heavy atom. The number of anilines is 1. The molecule has 0 aliphatic carbocycles. The minimum Gasteiger partial charge on any atom is -0.393 e. The van der Waals surface area contributed by atoms with Crippen molar-refractivity contribution in [1.82, 2.24) is 5.32 Å². The highest BCUT2D eigenvalue weighted by molar-refractivity contribution is 5.49. The number of nitrogens with one attached hydrogen (secondary N) is 1. The molecule has 1 heterocycles. The third-order valence-electron chi connectivity index (χ3n) is 4.91. The molecule has 1 aliphatic heterocycles. The van der Waals surface area contributed by atoms with Gasteiger partial charge >= 0.3 is 0 Å². The Hall–Kier alpha value is -1.91. The summed E-state index contributed by atoms with van der Waals surface area (Å²) >= 11 is 0. The number of rotatable bonds is 6. The van der Waals surface area contributed by atoms with Crippen LogP contribution in [0.15, 0.2) is 42.5 Å². The SMILES string of the molecule is CCc1ccc(CNCc2ccc(N3CCC(O)CC3)c(F)c2)cc1. The Morgan fingerprint density at radius 2 is 1.60 bits per heavy atom. The second-order valence-corrected chi connectivity index (χ2v) is 6.78. The zero-order valence-electron chi connectivity index (χ0n) is 14.8. The molecule has 0 aromatic heterocycles. The van der Waals surface area contributed by atoms with Crippen LogP contribution < -0.4 is 10.2 Å². The van der Waals surface area contributed by atoms with Crippen molar-refractivity contribution >= 4 is 5.69 Å². The Morgan fingerprint density at radius 1 is 1.00 bits per heavy atom. The highest BCUT2D eigenvalue weighted by atomic mass is 19.1. The fraction of sp³-hybridized carbons (Fsp3) is 0.429. The average molecular weight is 342 g/mol. The molecular weight excluding hydrogens is 315 g/mol. The quantitative estimate of drug-likeness (QED) is 0.841. The summed E-state index contributed by atoms with van der Waals surface area (Å²) < 4.78 is 14.4. The van der Waals surface area contributed by atoms with Gasteiger partial charge < -0.3 is 15.3 Å². The van der Waals surface area contributed by atoms with Crippen LogP contribution in [-0.4, -0.2) is 24.3 Å². The van der Waals surface area contributed by atoms with Gasteiger partial charge in [0.15, 0.2) is 0 Å². The van der Waals surface area contributed by atoms with E-state index in [4.69, 9.17) is 0 Å². The largest absolute Gasteiger partial charge is 0.393 e. The molecule has 1 fully saturated rings. The monoisotopic (exact) mass is 342 g/mol. The van der Waals surface area contributed by atoms with Gasteiger partial charge in [0.05, 0.1) is 11.8 Å². The molecule has 2 aromatic rings. The number of nitrogens with zero attached hydrogens (tertiary/aromatic N) is 1. The molecule has 25 heavy (non-hydrogen) atoms. The second kappa shape index (κ2) is 8.45. The van der Waals surface area contributed by atoms with Crippen LogP contribution in [0, 0.1) is 5.82 Å². The minimum absolute atomic E-state index is 0.178. The summed E-state index contributed by atoms with van der Waals surface area (Å²) in [5.41, 5.74) is 4.17. The van der Waals surface area contributed by atoms with E-state index < -0.39 is 0 Å². The number of benzene rings is 2.